The van der Waals surface area contributed by atoms with E-state index in [2.05, 4.69) is 17.2 Å². The van der Waals surface area contributed by atoms with Crippen LogP contribution < -0.4 is 10.1 Å². The van der Waals surface area contributed by atoms with E-state index >= 15 is 0 Å². The summed E-state index contributed by atoms with van der Waals surface area (Å²) in [6, 6.07) is 26.5. The van der Waals surface area contributed by atoms with Crippen LogP contribution in [0.25, 0.3) is 11.3 Å². The van der Waals surface area contributed by atoms with Gasteiger partial charge in [0.05, 0.1) is 23.0 Å². The van der Waals surface area contributed by atoms with Crippen LogP contribution in [0.3, 0.4) is 0 Å². The fourth-order valence-electron chi connectivity index (χ4n) is 5.42. The molecule has 2 atom stereocenters. The number of amides is 1. The molecule has 4 aromatic rings. The molecule has 0 fully saturated rings. The molecule has 2 N–H and O–H groups in total. The molecule has 5 rings (SSSR count). The van der Waals surface area contributed by atoms with Gasteiger partial charge in [-0.25, -0.2) is 13.5 Å². The van der Waals surface area contributed by atoms with Crippen molar-refractivity contribution >= 4 is 16.9 Å². The van der Waals surface area contributed by atoms with Gasteiger partial charge in [-0.2, -0.15) is 0 Å². The SMILES string of the molecule is CN(C)CC#Cc1cccc(-c2nc(C(=O)NCc3ccc(Oc4ccccc4)cc3)cc3c2[C@H](CCO)N([S@@](=O)C(C)(C)C)C3)c1. The Bertz CT molecular complexity index is 1790. The van der Waals surface area contributed by atoms with E-state index in [1.165, 1.54) is 0 Å². The van der Waals surface area contributed by atoms with E-state index in [9.17, 15) is 14.1 Å². The third-order valence-corrected chi connectivity index (χ3v) is 9.50. The molecule has 1 aliphatic rings. The van der Waals surface area contributed by atoms with Crippen LogP contribution in [0.5, 0.6) is 11.5 Å². The number of aromatic nitrogens is 1. The molecular weight excluding hydrogens is 609 g/mol. The van der Waals surface area contributed by atoms with Crippen LogP contribution in [0.15, 0.2) is 84.9 Å². The van der Waals surface area contributed by atoms with Crippen molar-refractivity contribution in [3.05, 3.63) is 113 Å². The summed E-state index contributed by atoms with van der Waals surface area (Å²) >= 11 is 0. The number of aliphatic hydroxyl groups is 1. The highest BCUT2D eigenvalue weighted by Crippen LogP contribution is 2.44. The van der Waals surface area contributed by atoms with E-state index in [0.29, 0.717) is 37.5 Å². The lowest BCUT2D eigenvalue weighted by Gasteiger charge is -2.30. The van der Waals surface area contributed by atoms with E-state index in [-0.39, 0.29) is 24.2 Å². The summed E-state index contributed by atoms with van der Waals surface area (Å²) in [5.41, 5.74) is 5.24. The maximum absolute atomic E-state index is 13.7. The maximum Gasteiger partial charge on any atom is 0.270 e. The first kappa shape index (κ1) is 34.0. The van der Waals surface area contributed by atoms with Crippen LogP contribution in [0.4, 0.5) is 0 Å². The summed E-state index contributed by atoms with van der Waals surface area (Å²) in [5, 5.41) is 13.1. The molecule has 0 radical (unpaired) electrons. The van der Waals surface area contributed by atoms with Gasteiger partial charge in [0.25, 0.3) is 5.91 Å². The number of rotatable bonds is 10. The zero-order valence-electron chi connectivity index (χ0n) is 27.6. The normalized spacial score (nSPS) is 15.1. The summed E-state index contributed by atoms with van der Waals surface area (Å²) in [5.74, 6) is 7.55. The van der Waals surface area contributed by atoms with Crippen molar-refractivity contribution in [1.82, 2.24) is 19.5 Å². The topological polar surface area (TPSA) is 95.0 Å². The summed E-state index contributed by atoms with van der Waals surface area (Å²) in [7, 11) is 2.59. The van der Waals surface area contributed by atoms with Crippen molar-refractivity contribution in [2.75, 3.05) is 27.2 Å². The lowest BCUT2D eigenvalue weighted by molar-refractivity contribution is 0.0946. The van der Waals surface area contributed by atoms with Gasteiger partial charge in [0, 0.05) is 36.4 Å². The van der Waals surface area contributed by atoms with Crippen molar-refractivity contribution in [2.24, 2.45) is 0 Å². The molecule has 9 heteroatoms. The summed E-state index contributed by atoms with van der Waals surface area (Å²) < 4.78 is 21.0. The number of para-hydroxylation sites is 1. The second kappa shape index (κ2) is 15.1. The number of nitrogens with zero attached hydrogens (tertiary/aromatic N) is 3. The van der Waals surface area contributed by atoms with E-state index in [1.807, 2.05) is 123 Å². The Morgan fingerprint density at radius 1 is 1.04 bits per heavy atom. The number of benzene rings is 3. The number of carbonyl (C=O) groups is 1. The molecule has 1 aliphatic heterocycles. The Morgan fingerprint density at radius 3 is 2.45 bits per heavy atom. The van der Waals surface area contributed by atoms with Gasteiger partial charge >= 0.3 is 0 Å². The maximum atomic E-state index is 13.7. The number of ether oxygens (including phenoxy) is 1. The molecule has 244 valence electrons. The molecule has 1 aromatic heterocycles. The first-order valence-electron chi connectivity index (χ1n) is 15.7. The smallest absolute Gasteiger partial charge is 0.270 e. The number of carbonyl (C=O) groups excluding carboxylic acids is 1. The van der Waals surface area contributed by atoms with Gasteiger partial charge in [-0.3, -0.25) is 9.69 Å². The Kier molecular flexibility index (Phi) is 10.9. The van der Waals surface area contributed by atoms with Crippen LogP contribution in [-0.2, 0) is 24.1 Å². The molecule has 0 spiro atoms. The zero-order chi connectivity index (χ0) is 33.6. The standard InChI is InChI=1S/C38H42N4O4S/c1-38(2,3)47(45)42-26-30-24-33(37(44)39-25-28-16-18-32(19-17-28)46-31-14-7-6-8-15-31)40-36(35(30)34(42)20-22-43)29-13-9-11-27(23-29)12-10-21-41(4)5/h6-9,11,13-19,23-24,34,43H,20-22,25-26H2,1-5H3,(H,39,44)/t34-,47-/m0/s1. The second-order valence-corrected chi connectivity index (χ2v) is 14.9. The van der Waals surface area contributed by atoms with Gasteiger partial charge in [0.15, 0.2) is 0 Å². The number of nitrogens with one attached hydrogen (secondary N) is 1. The Labute approximate surface area is 280 Å². The van der Waals surface area contributed by atoms with Crippen molar-refractivity contribution in [2.45, 2.75) is 51.1 Å². The fourth-order valence-corrected chi connectivity index (χ4v) is 6.82. The Morgan fingerprint density at radius 2 is 1.77 bits per heavy atom. The number of aliphatic hydroxyl groups excluding tert-OH is 1. The van der Waals surface area contributed by atoms with E-state index in [1.54, 1.807) is 6.07 Å². The van der Waals surface area contributed by atoms with E-state index in [0.717, 1.165) is 33.6 Å². The van der Waals surface area contributed by atoms with Gasteiger partial charge in [0.1, 0.15) is 28.2 Å². The first-order chi connectivity index (χ1) is 22.5. The predicted molar refractivity (Wildman–Crippen MR) is 187 cm³/mol. The van der Waals surface area contributed by atoms with Crippen molar-refractivity contribution in [3.63, 3.8) is 0 Å². The second-order valence-electron chi connectivity index (χ2n) is 12.8. The summed E-state index contributed by atoms with van der Waals surface area (Å²) in [6.45, 7) is 7.06. The van der Waals surface area contributed by atoms with E-state index in [4.69, 9.17) is 9.72 Å². The molecule has 8 nitrogen and oxygen atoms in total. The molecule has 2 heterocycles. The average Bonchev–Trinajstić information content (AvgIpc) is 3.41. The van der Waals surface area contributed by atoms with Crippen LogP contribution in [-0.4, -0.2) is 61.4 Å². The number of hydrogen-bond donors (Lipinski definition) is 2. The Hall–Kier alpha value is -4.33. The zero-order valence-corrected chi connectivity index (χ0v) is 28.4. The minimum Gasteiger partial charge on any atom is -0.457 e. The number of fused-ring (bicyclic) bond motifs is 1. The molecule has 0 saturated heterocycles. The molecule has 0 aliphatic carbocycles. The van der Waals surface area contributed by atoms with Crippen LogP contribution in [0, 0.1) is 11.8 Å². The minimum atomic E-state index is -1.35. The monoisotopic (exact) mass is 650 g/mol. The van der Waals surface area contributed by atoms with Gasteiger partial charge in [-0.05, 0) is 94.9 Å². The van der Waals surface area contributed by atoms with Crippen molar-refractivity contribution in [1.29, 1.82) is 0 Å². The molecule has 47 heavy (non-hydrogen) atoms. The average molecular weight is 651 g/mol. The van der Waals surface area contributed by atoms with Gasteiger partial charge in [-0.1, -0.05) is 54.3 Å². The molecule has 0 unspecified atom stereocenters. The first-order valence-corrected chi connectivity index (χ1v) is 16.8. The predicted octanol–water partition coefficient (Wildman–Crippen LogP) is 6.09. The highest BCUT2D eigenvalue weighted by atomic mass is 32.2. The third kappa shape index (κ3) is 8.53. The van der Waals surface area contributed by atoms with Gasteiger partial charge in [-0.15, -0.1) is 0 Å². The lowest BCUT2D eigenvalue weighted by Crippen LogP contribution is -2.36. The lowest BCUT2D eigenvalue weighted by atomic mass is 9.95. The van der Waals surface area contributed by atoms with Crippen molar-refractivity contribution < 1.29 is 18.8 Å². The van der Waals surface area contributed by atoms with Gasteiger partial charge < -0.3 is 15.2 Å². The molecule has 3 aromatic carbocycles. The molecule has 1 amide bonds. The fraction of sp³-hybridized carbons (Fsp3) is 0.316. The highest BCUT2D eigenvalue weighted by molar-refractivity contribution is 7.84. The number of pyridine rings is 1. The third-order valence-electron chi connectivity index (χ3n) is 7.64. The largest absolute Gasteiger partial charge is 0.457 e. The molecule has 0 bridgehead atoms. The van der Waals surface area contributed by atoms with Crippen molar-refractivity contribution in [3.8, 4) is 34.6 Å². The highest BCUT2D eigenvalue weighted by Gasteiger charge is 2.40. The summed E-state index contributed by atoms with van der Waals surface area (Å²) in [4.78, 5) is 20.6. The quantitative estimate of drug-likeness (QED) is 0.202. The van der Waals surface area contributed by atoms with E-state index < -0.39 is 15.7 Å². The minimum absolute atomic E-state index is 0.0745. The van der Waals surface area contributed by atoms with Crippen LogP contribution in [0.2, 0.25) is 0 Å². The van der Waals surface area contributed by atoms with Gasteiger partial charge in [0.2, 0.25) is 0 Å². The Balaban J connectivity index is 1.45. The number of hydrogen-bond acceptors (Lipinski definition) is 6. The van der Waals surface area contributed by atoms with Crippen LogP contribution >= 0.6 is 0 Å². The molecular formula is C38H42N4O4S. The van der Waals surface area contributed by atoms with Crippen LogP contribution in [0.1, 0.15) is 66.0 Å². The molecule has 0 saturated carbocycles. The summed E-state index contributed by atoms with van der Waals surface area (Å²) in [6.07, 6.45) is 0.390.